The quantitative estimate of drug-likeness (QED) is 0.422. The van der Waals surface area contributed by atoms with Gasteiger partial charge in [-0.25, -0.2) is 4.79 Å². The zero-order valence-electron chi connectivity index (χ0n) is 11.1. The Hall–Kier alpha value is -0.830. The summed E-state index contributed by atoms with van der Waals surface area (Å²) >= 11 is 0. The Morgan fingerprint density at radius 1 is 1.35 bits per heavy atom. The predicted molar refractivity (Wildman–Crippen MR) is 69.8 cm³/mol. The van der Waals surface area contributed by atoms with Gasteiger partial charge in [-0.15, -0.1) is 0 Å². The van der Waals surface area contributed by atoms with E-state index in [4.69, 9.17) is 4.74 Å². The fraction of sp³-hybridized carbons (Fsp3) is 0.786. The van der Waals surface area contributed by atoms with Crippen LogP contribution in [-0.4, -0.2) is 25.7 Å². The lowest BCUT2D eigenvalue weighted by Crippen LogP contribution is -2.31. The Balaban J connectivity index is 2.16. The van der Waals surface area contributed by atoms with Crippen LogP contribution < -0.4 is 5.32 Å². The Kier molecular flexibility index (Phi) is 6.27. The van der Waals surface area contributed by atoms with Crippen LogP contribution in [0, 0.1) is 5.41 Å². The average Bonchev–Trinajstić information content (AvgIpc) is 2.78. The second-order valence-electron chi connectivity index (χ2n) is 4.85. The average molecular weight is 239 g/mol. The van der Waals surface area contributed by atoms with Crippen molar-refractivity contribution in [3.63, 3.8) is 0 Å². The molecule has 0 radical (unpaired) electrons. The van der Waals surface area contributed by atoms with Gasteiger partial charge in [0.05, 0.1) is 6.61 Å². The molecule has 0 aliphatic heterocycles. The molecule has 1 fully saturated rings. The molecule has 1 rings (SSSR count). The zero-order valence-corrected chi connectivity index (χ0v) is 11.1. The molecule has 0 unspecified atom stereocenters. The van der Waals surface area contributed by atoms with Crippen LogP contribution in [0.15, 0.2) is 12.2 Å². The van der Waals surface area contributed by atoms with Gasteiger partial charge in [-0.1, -0.05) is 25.8 Å². The van der Waals surface area contributed by atoms with Crippen molar-refractivity contribution in [1.82, 2.24) is 5.32 Å². The summed E-state index contributed by atoms with van der Waals surface area (Å²) in [7, 11) is 0. The summed E-state index contributed by atoms with van der Waals surface area (Å²) in [5.74, 6) is -0.250. The summed E-state index contributed by atoms with van der Waals surface area (Å²) < 4.78 is 4.81. The van der Waals surface area contributed by atoms with E-state index in [-0.39, 0.29) is 5.97 Å². The maximum Gasteiger partial charge on any atom is 0.330 e. The van der Waals surface area contributed by atoms with E-state index in [1.165, 1.54) is 38.2 Å². The number of hydrogen-bond donors (Lipinski definition) is 1. The first kappa shape index (κ1) is 14.2. The summed E-state index contributed by atoms with van der Waals surface area (Å²) in [5, 5.41) is 3.42. The molecule has 0 atom stereocenters. The summed E-state index contributed by atoms with van der Waals surface area (Å²) in [5.41, 5.74) is 0.512. The minimum absolute atomic E-state index is 0.250. The highest BCUT2D eigenvalue weighted by atomic mass is 16.5. The second kappa shape index (κ2) is 7.49. The molecule has 1 N–H and O–H groups in total. The molecular weight excluding hydrogens is 214 g/mol. The largest absolute Gasteiger partial charge is 0.463 e. The molecule has 1 saturated carbocycles. The molecular formula is C14H25NO2. The van der Waals surface area contributed by atoms with Gasteiger partial charge in [0, 0.05) is 19.2 Å². The molecule has 1 aliphatic rings. The number of nitrogens with one attached hydrogen (secondary N) is 1. The number of rotatable bonds is 7. The standard InChI is InChI=1S/C14H25NO2/c1-3-14(9-5-6-10-14)12-15-11-7-8-13(16)17-4-2/h7-8,15H,3-6,9-12H2,1-2H3/b8-7+. The lowest BCUT2D eigenvalue weighted by Gasteiger charge is -2.27. The molecule has 0 heterocycles. The van der Waals surface area contributed by atoms with E-state index in [1.807, 2.05) is 13.0 Å². The SMILES string of the molecule is CCOC(=O)/C=C/CNCC1(CC)CCCC1. The molecule has 0 aromatic rings. The number of carbonyl (C=O) groups excluding carboxylic acids is 1. The molecule has 0 aromatic carbocycles. The minimum Gasteiger partial charge on any atom is -0.463 e. The van der Waals surface area contributed by atoms with Gasteiger partial charge < -0.3 is 10.1 Å². The number of ether oxygens (including phenoxy) is 1. The van der Waals surface area contributed by atoms with Gasteiger partial charge in [-0.2, -0.15) is 0 Å². The van der Waals surface area contributed by atoms with E-state index in [9.17, 15) is 4.79 Å². The van der Waals surface area contributed by atoms with Crippen LogP contribution in [0.5, 0.6) is 0 Å². The first-order valence-electron chi connectivity index (χ1n) is 6.76. The molecule has 0 bridgehead atoms. The van der Waals surface area contributed by atoms with E-state index in [0.29, 0.717) is 12.0 Å². The molecule has 3 heteroatoms. The summed E-state index contributed by atoms with van der Waals surface area (Å²) in [6, 6.07) is 0. The summed E-state index contributed by atoms with van der Waals surface area (Å²) in [6.45, 7) is 6.35. The van der Waals surface area contributed by atoms with E-state index in [1.54, 1.807) is 0 Å². The van der Waals surface area contributed by atoms with Crippen LogP contribution in [0.3, 0.4) is 0 Å². The zero-order chi connectivity index (χ0) is 12.6. The van der Waals surface area contributed by atoms with E-state index >= 15 is 0 Å². The monoisotopic (exact) mass is 239 g/mol. The molecule has 0 aromatic heterocycles. The Labute approximate surface area is 105 Å². The van der Waals surface area contributed by atoms with Crippen LogP contribution in [0.25, 0.3) is 0 Å². The fourth-order valence-corrected chi connectivity index (χ4v) is 2.55. The highest BCUT2D eigenvalue weighted by molar-refractivity contribution is 5.81. The Morgan fingerprint density at radius 3 is 2.65 bits per heavy atom. The van der Waals surface area contributed by atoms with E-state index in [2.05, 4.69) is 12.2 Å². The van der Waals surface area contributed by atoms with Crippen molar-refractivity contribution in [3.05, 3.63) is 12.2 Å². The number of carbonyl (C=O) groups is 1. The van der Waals surface area contributed by atoms with Gasteiger partial charge in [-0.05, 0) is 31.6 Å². The first-order chi connectivity index (χ1) is 8.22. The molecule has 0 spiro atoms. The van der Waals surface area contributed by atoms with Crippen LogP contribution in [0.2, 0.25) is 0 Å². The van der Waals surface area contributed by atoms with Crippen LogP contribution in [-0.2, 0) is 9.53 Å². The third kappa shape index (κ3) is 4.90. The van der Waals surface area contributed by atoms with Gasteiger partial charge in [-0.3, -0.25) is 0 Å². The van der Waals surface area contributed by atoms with Crippen molar-refractivity contribution in [2.24, 2.45) is 5.41 Å². The summed E-state index contributed by atoms with van der Waals surface area (Å²) in [4.78, 5) is 11.0. The third-order valence-corrected chi connectivity index (χ3v) is 3.72. The van der Waals surface area contributed by atoms with Crippen molar-refractivity contribution in [1.29, 1.82) is 0 Å². The molecule has 0 saturated heterocycles. The van der Waals surface area contributed by atoms with Gasteiger partial charge in [0.25, 0.3) is 0 Å². The van der Waals surface area contributed by atoms with Crippen molar-refractivity contribution < 1.29 is 9.53 Å². The van der Waals surface area contributed by atoms with Crippen molar-refractivity contribution >= 4 is 5.97 Å². The second-order valence-corrected chi connectivity index (χ2v) is 4.85. The lowest BCUT2D eigenvalue weighted by atomic mass is 9.83. The molecule has 17 heavy (non-hydrogen) atoms. The summed E-state index contributed by atoms with van der Waals surface area (Å²) in [6.07, 6.45) is 10.0. The lowest BCUT2D eigenvalue weighted by molar-refractivity contribution is -0.137. The fourth-order valence-electron chi connectivity index (χ4n) is 2.55. The molecule has 3 nitrogen and oxygen atoms in total. The van der Waals surface area contributed by atoms with E-state index in [0.717, 1.165) is 13.1 Å². The van der Waals surface area contributed by atoms with Crippen molar-refractivity contribution in [2.75, 3.05) is 19.7 Å². The normalized spacial score (nSPS) is 18.7. The van der Waals surface area contributed by atoms with Crippen molar-refractivity contribution in [2.45, 2.75) is 46.0 Å². The van der Waals surface area contributed by atoms with Crippen LogP contribution >= 0.6 is 0 Å². The number of hydrogen-bond acceptors (Lipinski definition) is 3. The van der Waals surface area contributed by atoms with Crippen molar-refractivity contribution in [3.8, 4) is 0 Å². The topological polar surface area (TPSA) is 38.3 Å². The molecule has 1 aliphatic carbocycles. The van der Waals surface area contributed by atoms with E-state index < -0.39 is 0 Å². The van der Waals surface area contributed by atoms with Gasteiger partial charge in [0.1, 0.15) is 0 Å². The van der Waals surface area contributed by atoms with Crippen LogP contribution in [0.4, 0.5) is 0 Å². The van der Waals surface area contributed by atoms with Gasteiger partial charge in [0.2, 0.25) is 0 Å². The van der Waals surface area contributed by atoms with Gasteiger partial charge in [0.15, 0.2) is 0 Å². The Bertz CT molecular complexity index is 255. The smallest absolute Gasteiger partial charge is 0.330 e. The molecule has 98 valence electrons. The maximum absolute atomic E-state index is 11.0. The Morgan fingerprint density at radius 2 is 2.06 bits per heavy atom. The number of esters is 1. The third-order valence-electron chi connectivity index (χ3n) is 3.72. The maximum atomic E-state index is 11.0. The highest BCUT2D eigenvalue weighted by Crippen LogP contribution is 2.40. The van der Waals surface area contributed by atoms with Crippen LogP contribution in [0.1, 0.15) is 46.0 Å². The predicted octanol–water partition coefficient (Wildman–Crippen LogP) is 2.67. The van der Waals surface area contributed by atoms with Gasteiger partial charge >= 0.3 is 5.97 Å². The molecule has 0 amide bonds. The highest BCUT2D eigenvalue weighted by Gasteiger charge is 2.30. The first-order valence-corrected chi connectivity index (χ1v) is 6.76. The minimum atomic E-state index is -0.250.